The predicted octanol–water partition coefficient (Wildman–Crippen LogP) is 6.28. The number of amides is 1. The largest absolute Gasteiger partial charge is 0.449 e. The summed E-state index contributed by atoms with van der Waals surface area (Å²) in [5.41, 5.74) is 1.49. The molecule has 1 amide bonds. The molecule has 0 aliphatic carbocycles. The molecule has 1 fully saturated rings. The van der Waals surface area contributed by atoms with Crippen molar-refractivity contribution >= 4 is 34.5 Å². The van der Waals surface area contributed by atoms with E-state index in [1.54, 1.807) is 41.4 Å². The van der Waals surface area contributed by atoms with Crippen molar-refractivity contribution in [2.75, 3.05) is 31.1 Å². The molecule has 226 valence electrons. The molecule has 9 nitrogen and oxygen atoms in total. The first-order chi connectivity index (χ1) is 20.7. The highest BCUT2D eigenvalue weighted by Crippen LogP contribution is 2.35. The SMILES string of the molecule is CCCCOC(=O)N1CCN(c2nc(=O)n(-c3cccnc3CC(C)C)c3nc(-c4ccccc4F)c(Cl)cc23)[C@@H](C)C1. The number of anilines is 1. The van der Waals surface area contributed by atoms with Crippen LogP contribution < -0.4 is 10.6 Å². The second-order valence-electron chi connectivity index (χ2n) is 11.2. The second-order valence-corrected chi connectivity index (χ2v) is 11.7. The van der Waals surface area contributed by atoms with Crippen molar-refractivity contribution in [1.82, 2.24) is 24.4 Å². The van der Waals surface area contributed by atoms with Crippen LogP contribution in [0.3, 0.4) is 0 Å². The molecule has 0 unspecified atom stereocenters. The number of pyridine rings is 2. The van der Waals surface area contributed by atoms with Gasteiger partial charge in [0.05, 0.1) is 34.1 Å². The summed E-state index contributed by atoms with van der Waals surface area (Å²) in [5, 5.41) is 0.764. The lowest BCUT2D eigenvalue weighted by Crippen LogP contribution is -2.54. The van der Waals surface area contributed by atoms with Gasteiger partial charge in [-0.05, 0) is 56.0 Å². The number of benzene rings is 1. The predicted molar refractivity (Wildman–Crippen MR) is 167 cm³/mol. The highest BCUT2D eigenvalue weighted by Gasteiger charge is 2.31. The first kappa shape index (κ1) is 30.4. The summed E-state index contributed by atoms with van der Waals surface area (Å²) in [6.07, 6.45) is 3.73. The van der Waals surface area contributed by atoms with Gasteiger partial charge in [-0.25, -0.2) is 23.5 Å². The van der Waals surface area contributed by atoms with Gasteiger partial charge in [0.25, 0.3) is 0 Å². The van der Waals surface area contributed by atoms with Crippen LogP contribution in [-0.2, 0) is 11.2 Å². The fourth-order valence-corrected chi connectivity index (χ4v) is 5.65. The Labute approximate surface area is 255 Å². The highest BCUT2D eigenvalue weighted by atomic mass is 35.5. The smallest absolute Gasteiger partial charge is 0.409 e. The standard InChI is InChI=1S/C32H36ClFN6O3/c1-5-6-16-43-32(42)38-14-15-39(21(4)19-38)29-23-18-24(33)28(22-10-7-8-11-25(22)34)36-30(23)40(31(41)37-29)27-12-9-13-35-26(27)17-20(2)3/h7-13,18,20-21H,5-6,14-17,19H2,1-4H3/t21-/m0/s1. The minimum atomic E-state index is -0.539. The Kier molecular flexibility index (Phi) is 9.25. The number of ether oxygens (including phenoxy) is 1. The minimum absolute atomic E-state index is 0.182. The normalized spacial score (nSPS) is 15.4. The maximum atomic E-state index is 14.9. The van der Waals surface area contributed by atoms with Crippen LogP contribution in [0.4, 0.5) is 15.0 Å². The van der Waals surface area contributed by atoms with Crippen molar-refractivity contribution in [2.24, 2.45) is 5.92 Å². The fraction of sp³-hybridized carbons (Fsp3) is 0.406. The number of hydrogen-bond donors (Lipinski definition) is 0. The summed E-state index contributed by atoms with van der Waals surface area (Å²) >= 11 is 6.78. The van der Waals surface area contributed by atoms with Crippen LogP contribution in [-0.4, -0.2) is 62.8 Å². The third-order valence-electron chi connectivity index (χ3n) is 7.52. The number of hydrogen-bond acceptors (Lipinski definition) is 7. The quantitative estimate of drug-likeness (QED) is 0.218. The van der Waals surface area contributed by atoms with Crippen molar-refractivity contribution in [3.05, 3.63) is 75.7 Å². The van der Waals surface area contributed by atoms with Gasteiger partial charge in [0.15, 0.2) is 5.65 Å². The van der Waals surface area contributed by atoms with E-state index in [2.05, 4.69) is 23.8 Å². The number of aromatic nitrogens is 4. The Bertz CT molecular complexity index is 1690. The zero-order valence-electron chi connectivity index (χ0n) is 24.9. The lowest BCUT2D eigenvalue weighted by Gasteiger charge is -2.40. The molecular weight excluding hydrogens is 571 g/mol. The molecule has 11 heteroatoms. The van der Waals surface area contributed by atoms with Gasteiger partial charge in [-0.1, -0.05) is 50.9 Å². The van der Waals surface area contributed by atoms with Gasteiger partial charge in [-0.3, -0.25) is 4.98 Å². The van der Waals surface area contributed by atoms with E-state index in [0.29, 0.717) is 55.2 Å². The fourth-order valence-electron chi connectivity index (χ4n) is 5.39. The Morgan fingerprint density at radius 1 is 1.16 bits per heavy atom. The van der Waals surface area contributed by atoms with Crippen LogP contribution >= 0.6 is 11.6 Å². The lowest BCUT2D eigenvalue weighted by molar-refractivity contribution is 0.0944. The first-order valence-electron chi connectivity index (χ1n) is 14.7. The Balaban J connectivity index is 1.66. The van der Waals surface area contributed by atoms with Gasteiger partial charge in [0.2, 0.25) is 0 Å². The number of piperazine rings is 1. The van der Waals surface area contributed by atoms with Gasteiger partial charge >= 0.3 is 11.8 Å². The van der Waals surface area contributed by atoms with Crippen molar-refractivity contribution in [3.63, 3.8) is 0 Å². The number of rotatable bonds is 8. The van der Waals surface area contributed by atoms with Crippen molar-refractivity contribution < 1.29 is 13.9 Å². The van der Waals surface area contributed by atoms with Crippen molar-refractivity contribution in [3.8, 4) is 16.9 Å². The van der Waals surface area contributed by atoms with Gasteiger partial charge in [0, 0.05) is 37.4 Å². The van der Waals surface area contributed by atoms with Gasteiger partial charge in [-0.15, -0.1) is 0 Å². The van der Waals surface area contributed by atoms with Gasteiger partial charge in [-0.2, -0.15) is 4.98 Å². The average molecular weight is 607 g/mol. The van der Waals surface area contributed by atoms with E-state index in [-0.39, 0.29) is 34.3 Å². The molecule has 0 N–H and O–H groups in total. The van der Waals surface area contributed by atoms with E-state index < -0.39 is 11.5 Å². The van der Waals surface area contributed by atoms with Crippen LogP contribution in [0.1, 0.15) is 46.2 Å². The summed E-state index contributed by atoms with van der Waals surface area (Å²) in [7, 11) is 0. The topological polar surface area (TPSA) is 93.5 Å². The van der Waals surface area contributed by atoms with Gasteiger partial charge < -0.3 is 14.5 Å². The number of carbonyl (C=O) groups excluding carboxylic acids is 1. The summed E-state index contributed by atoms with van der Waals surface area (Å²) in [4.78, 5) is 44.2. The molecule has 5 rings (SSSR count). The third kappa shape index (κ3) is 6.34. The summed E-state index contributed by atoms with van der Waals surface area (Å²) in [6.45, 7) is 9.77. The molecule has 1 aliphatic heterocycles. The zero-order valence-corrected chi connectivity index (χ0v) is 25.6. The molecule has 0 bridgehead atoms. The van der Waals surface area contributed by atoms with E-state index in [1.165, 1.54) is 10.6 Å². The molecular formula is C32H36ClFN6O3. The monoisotopic (exact) mass is 606 g/mol. The van der Waals surface area contributed by atoms with E-state index in [0.717, 1.165) is 18.5 Å². The molecule has 4 heterocycles. The number of nitrogens with zero attached hydrogens (tertiary/aromatic N) is 6. The highest BCUT2D eigenvalue weighted by molar-refractivity contribution is 6.33. The molecule has 3 aromatic heterocycles. The van der Waals surface area contributed by atoms with Crippen LogP contribution in [0.15, 0.2) is 53.5 Å². The molecule has 1 saturated heterocycles. The Morgan fingerprint density at radius 2 is 1.95 bits per heavy atom. The van der Waals surface area contributed by atoms with Crippen LogP contribution in [0.5, 0.6) is 0 Å². The molecule has 43 heavy (non-hydrogen) atoms. The van der Waals surface area contributed by atoms with Gasteiger partial charge in [0.1, 0.15) is 11.6 Å². The minimum Gasteiger partial charge on any atom is -0.449 e. The number of unbranched alkanes of at least 4 members (excludes halogenated alkanes) is 1. The second kappa shape index (κ2) is 13.1. The Hall–Kier alpha value is -4.05. The van der Waals surface area contributed by atoms with E-state index in [9.17, 15) is 14.0 Å². The number of fused-ring (bicyclic) bond motifs is 1. The molecule has 1 atom stereocenters. The summed E-state index contributed by atoms with van der Waals surface area (Å²) in [5.74, 6) is 0.216. The van der Waals surface area contributed by atoms with Crippen LogP contribution in [0, 0.1) is 11.7 Å². The molecule has 1 aliphatic rings. The van der Waals surface area contributed by atoms with Crippen molar-refractivity contribution in [2.45, 2.75) is 53.0 Å². The maximum absolute atomic E-state index is 14.9. The zero-order chi connectivity index (χ0) is 30.7. The first-order valence-corrected chi connectivity index (χ1v) is 15.1. The molecule has 0 spiro atoms. The van der Waals surface area contributed by atoms with E-state index in [1.807, 2.05) is 24.8 Å². The maximum Gasteiger partial charge on any atom is 0.409 e. The summed E-state index contributed by atoms with van der Waals surface area (Å²) < 4.78 is 21.8. The lowest BCUT2D eigenvalue weighted by atomic mass is 10.1. The third-order valence-corrected chi connectivity index (χ3v) is 7.81. The summed E-state index contributed by atoms with van der Waals surface area (Å²) in [6, 6.07) is 11.4. The number of carbonyl (C=O) groups is 1. The Morgan fingerprint density at radius 3 is 2.67 bits per heavy atom. The molecule has 0 saturated carbocycles. The average Bonchev–Trinajstić information content (AvgIpc) is 2.97. The van der Waals surface area contributed by atoms with Crippen LogP contribution in [0.2, 0.25) is 5.02 Å². The van der Waals surface area contributed by atoms with E-state index >= 15 is 0 Å². The number of halogens is 2. The molecule has 1 aromatic carbocycles. The van der Waals surface area contributed by atoms with Crippen LogP contribution in [0.25, 0.3) is 28.0 Å². The molecule has 0 radical (unpaired) electrons. The molecule has 4 aromatic rings. The van der Waals surface area contributed by atoms with Crippen molar-refractivity contribution in [1.29, 1.82) is 0 Å². The van der Waals surface area contributed by atoms with E-state index in [4.69, 9.17) is 21.3 Å².